The maximum atomic E-state index is 10.5. The number of phenols is 1. The van der Waals surface area contributed by atoms with Gasteiger partial charge in [-0.25, -0.2) is 9.97 Å². The van der Waals surface area contributed by atoms with E-state index in [1.807, 2.05) is 22.9 Å². The normalized spacial score (nSPS) is 27.9. The van der Waals surface area contributed by atoms with Crippen molar-refractivity contribution in [2.24, 2.45) is 0 Å². The lowest BCUT2D eigenvalue weighted by molar-refractivity contribution is 0.207. The highest BCUT2D eigenvalue weighted by Gasteiger charge is 2.49. The Kier molecular flexibility index (Phi) is 4.28. The highest BCUT2D eigenvalue weighted by atomic mass is 16.3. The molecule has 5 rings (SSSR count). The molecule has 4 heterocycles. The molecule has 0 spiro atoms. The first-order valence-corrected chi connectivity index (χ1v) is 10.4. The van der Waals surface area contributed by atoms with Crippen molar-refractivity contribution in [1.29, 1.82) is 0 Å². The maximum Gasteiger partial charge on any atom is 0.245 e. The fourth-order valence-corrected chi connectivity index (χ4v) is 5.12. The molecule has 3 aromatic rings. The first-order chi connectivity index (χ1) is 14.3. The summed E-state index contributed by atoms with van der Waals surface area (Å²) < 4.78 is 1.83. The number of piperidine rings is 1. The van der Waals surface area contributed by atoms with Gasteiger partial charge < -0.3 is 19.9 Å². The van der Waals surface area contributed by atoms with Crippen molar-refractivity contribution in [3.05, 3.63) is 43.1 Å². The fraction of sp³-hybridized carbons (Fsp3) is 0.455. The summed E-state index contributed by atoms with van der Waals surface area (Å²) in [4.78, 5) is 10.8. The van der Waals surface area contributed by atoms with Crippen LogP contribution in [0.5, 0.6) is 5.75 Å². The summed E-state index contributed by atoms with van der Waals surface area (Å²) in [5.74, 6) is 0.751. The van der Waals surface area contributed by atoms with Crippen LogP contribution in [-0.4, -0.2) is 54.0 Å². The number of aromatic hydroxyl groups is 1. The molecule has 30 heavy (non-hydrogen) atoms. The second-order valence-electron chi connectivity index (χ2n) is 9.23. The van der Waals surface area contributed by atoms with Crippen molar-refractivity contribution in [2.75, 3.05) is 11.9 Å². The zero-order valence-electron chi connectivity index (χ0n) is 17.6. The van der Waals surface area contributed by atoms with Crippen molar-refractivity contribution in [3.8, 4) is 22.7 Å². The molecule has 8 nitrogen and oxygen atoms in total. The first kappa shape index (κ1) is 19.0. The van der Waals surface area contributed by atoms with Crippen LogP contribution in [0.4, 0.5) is 5.95 Å². The van der Waals surface area contributed by atoms with E-state index in [1.54, 1.807) is 24.8 Å². The predicted molar refractivity (Wildman–Crippen MR) is 115 cm³/mol. The van der Waals surface area contributed by atoms with Crippen LogP contribution in [0.3, 0.4) is 0 Å². The zero-order chi connectivity index (χ0) is 20.9. The van der Waals surface area contributed by atoms with Gasteiger partial charge in [-0.1, -0.05) is 0 Å². The van der Waals surface area contributed by atoms with Gasteiger partial charge in [0.15, 0.2) is 0 Å². The predicted octanol–water partition coefficient (Wildman–Crippen LogP) is 2.93. The second-order valence-corrected chi connectivity index (χ2v) is 9.23. The van der Waals surface area contributed by atoms with Crippen LogP contribution in [0, 0.1) is 0 Å². The van der Waals surface area contributed by atoms with Crippen LogP contribution in [0.2, 0.25) is 0 Å². The Bertz CT molecular complexity index is 1030. The Hall–Kier alpha value is -3.00. The van der Waals surface area contributed by atoms with Gasteiger partial charge in [-0.3, -0.25) is 0 Å². The smallest absolute Gasteiger partial charge is 0.245 e. The number of fused-ring (bicyclic) bond motifs is 2. The summed E-state index contributed by atoms with van der Waals surface area (Å²) in [6.07, 6.45) is 11.5. The topological polar surface area (TPSA) is 92.0 Å². The fourth-order valence-electron chi connectivity index (χ4n) is 5.12. The quantitative estimate of drug-likeness (QED) is 0.689. The summed E-state index contributed by atoms with van der Waals surface area (Å²) >= 11 is 0. The maximum absolute atomic E-state index is 10.5. The third-order valence-corrected chi connectivity index (χ3v) is 6.68. The number of hydrogen-bond acceptors (Lipinski definition) is 7. The van der Waals surface area contributed by atoms with Crippen molar-refractivity contribution in [2.45, 2.75) is 56.7 Å². The molecule has 156 valence electrons. The molecule has 2 bridgehead atoms. The van der Waals surface area contributed by atoms with Gasteiger partial charge in [-0.05, 0) is 51.7 Å². The monoisotopic (exact) mass is 405 g/mol. The van der Waals surface area contributed by atoms with Crippen LogP contribution in [0.25, 0.3) is 16.9 Å². The summed E-state index contributed by atoms with van der Waals surface area (Å²) in [5.41, 5.74) is 2.34. The number of nitrogens with one attached hydrogen (secondary N) is 1. The third-order valence-electron chi connectivity index (χ3n) is 6.68. The second kappa shape index (κ2) is 6.77. The van der Waals surface area contributed by atoms with Gasteiger partial charge in [-0.15, -0.1) is 10.2 Å². The lowest BCUT2D eigenvalue weighted by atomic mass is 9.84. The van der Waals surface area contributed by atoms with E-state index in [0.29, 0.717) is 23.2 Å². The Labute approximate surface area is 176 Å². The molecule has 2 N–H and O–H groups in total. The van der Waals surface area contributed by atoms with E-state index in [9.17, 15) is 5.11 Å². The molecule has 2 saturated heterocycles. The summed E-state index contributed by atoms with van der Waals surface area (Å²) in [6.45, 7) is 4.63. The molecule has 0 saturated carbocycles. The largest absolute Gasteiger partial charge is 0.507 e. The van der Waals surface area contributed by atoms with Gasteiger partial charge in [0.2, 0.25) is 5.95 Å². The highest BCUT2D eigenvalue weighted by Crippen LogP contribution is 2.43. The van der Waals surface area contributed by atoms with E-state index in [0.717, 1.165) is 18.5 Å². The van der Waals surface area contributed by atoms with Gasteiger partial charge in [0, 0.05) is 48.2 Å². The van der Waals surface area contributed by atoms with Gasteiger partial charge in [-0.2, -0.15) is 0 Å². The number of anilines is 1. The molecule has 0 unspecified atom stereocenters. The van der Waals surface area contributed by atoms with Crippen LogP contribution in [-0.2, 0) is 0 Å². The Morgan fingerprint density at radius 2 is 1.93 bits per heavy atom. The Morgan fingerprint density at radius 3 is 2.53 bits per heavy atom. The number of nitrogens with zero attached hydrogens (tertiary/aromatic N) is 6. The van der Waals surface area contributed by atoms with E-state index in [-0.39, 0.29) is 16.8 Å². The molecule has 0 aliphatic carbocycles. The van der Waals surface area contributed by atoms with E-state index >= 15 is 0 Å². The van der Waals surface area contributed by atoms with Crippen molar-refractivity contribution >= 4 is 5.95 Å². The molecule has 3 atom stereocenters. The number of aromatic nitrogens is 5. The molecule has 2 aliphatic rings. The number of hydrogen-bond donors (Lipinski definition) is 2. The van der Waals surface area contributed by atoms with Crippen molar-refractivity contribution in [1.82, 2.24) is 30.0 Å². The van der Waals surface area contributed by atoms with Gasteiger partial charge in [0.1, 0.15) is 11.4 Å². The van der Waals surface area contributed by atoms with Crippen LogP contribution >= 0.6 is 0 Å². The average Bonchev–Trinajstić information content (AvgIpc) is 3.33. The third kappa shape index (κ3) is 3.31. The van der Waals surface area contributed by atoms with Gasteiger partial charge >= 0.3 is 0 Å². The van der Waals surface area contributed by atoms with E-state index in [2.05, 4.69) is 51.3 Å². The molecular formula is C22H27N7O. The van der Waals surface area contributed by atoms with Crippen LogP contribution < -0.4 is 10.2 Å². The molecule has 2 aromatic heterocycles. The highest BCUT2D eigenvalue weighted by molar-refractivity contribution is 5.68. The van der Waals surface area contributed by atoms with Crippen molar-refractivity contribution in [3.63, 3.8) is 0 Å². The summed E-state index contributed by atoms with van der Waals surface area (Å²) in [7, 11) is 2.05. The first-order valence-electron chi connectivity index (χ1n) is 10.4. The minimum Gasteiger partial charge on any atom is -0.507 e. The zero-order valence-corrected chi connectivity index (χ0v) is 17.6. The summed E-state index contributed by atoms with van der Waals surface area (Å²) in [5, 5.41) is 23.1. The Morgan fingerprint density at radius 1 is 1.17 bits per heavy atom. The van der Waals surface area contributed by atoms with Crippen LogP contribution in [0.1, 0.15) is 39.5 Å². The SMILES string of the molecule is CN(c1ncc(-c2ccc(-n3ccnc3)cc2O)nn1)[C@H]1C[C@]2(C)CC[C@](C)(C1)N2. The van der Waals surface area contributed by atoms with Crippen LogP contribution in [0.15, 0.2) is 43.1 Å². The number of imidazole rings is 1. The van der Waals surface area contributed by atoms with E-state index in [1.165, 1.54) is 12.8 Å². The van der Waals surface area contributed by atoms with E-state index in [4.69, 9.17) is 0 Å². The standard InChI is InChI=1S/C22H27N7O/c1-21-6-7-22(2,27-21)12-16(11-21)28(3)20-24-13-18(25-26-20)17-5-4-15(10-19(17)30)29-9-8-23-14-29/h4-5,8-10,13-14,16,27,30H,6-7,11-12H2,1-3H3/t16-,21-,22+. The summed E-state index contributed by atoms with van der Waals surface area (Å²) in [6, 6.07) is 5.79. The molecule has 2 aliphatic heterocycles. The molecule has 8 heteroatoms. The number of benzene rings is 1. The molecule has 0 amide bonds. The lowest BCUT2D eigenvalue weighted by Gasteiger charge is -2.45. The number of phenolic OH excluding ortho intramolecular Hbond substituents is 1. The van der Waals surface area contributed by atoms with Gasteiger partial charge in [0.05, 0.1) is 18.2 Å². The number of rotatable bonds is 4. The average molecular weight is 406 g/mol. The molecule has 2 fully saturated rings. The minimum absolute atomic E-state index is 0.134. The molecular weight excluding hydrogens is 378 g/mol. The van der Waals surface area contributed by atoms with Crippen molar-refractivity contribution < 1.29 is 5.11 Å². The minimum atomic E-state index is 0.134. The van der Waals surface area contributed by atoms with E-state index < -0.39 is 0 Å². The van der Waals surface area contributed by atoms with Gasteiger partial charge in [0.25, 0.3) is 0 Å². The Balaban J connectivity index is 1.36. The molecule has 0 radical (unpaired) electrons. The molecule has 1 aromatic carbocycles. The lowest BCUT2D eigenvalue weighted by Crippen LogP contribution is -2.58.